The Morgan fingerprint density at radius 1 is 0.962 bits per heavy atom. The van der Waals surface area contributed by atoms with Crippen molar-refractivity contribution in [1.82, 2.24) is 10.9 Å². The number of hydrogen-bond donors (Lipinski definition) is 2. The highest BCUT2D eigenvalue weighted by Crippen LogP contribution is 2.13. The second-order valence-corrected chi connectivity index (χ2v) is 5.94. The number of ether oxygens (including phenoxy) is 1. The Hall–Kier alpha value is -3.42. The average molecular weight is 357 g/mol. The van der Waals surface area contributed by atoms with Crippen molar-refractivity contribution in [3.8, 4) is 5.75 Å². The Kier molecular flexibility index (Phi) is 6.26. The van der Waals surface area contributed by atoms with Crippen LogP contribution in [0.1, 0.15) is 34.6 Å². The number of nitro benzene ring substituents is 1. The lowest BCUT2D eigenvalue weighted by molar-refractivity contribution is -0.384. The summed E-state index contributed by atoms with van der Waals surface area (Å²) in [5.41, 5.74) is 4.97. The van der Waals surface area contributed by atoms with Gasteiger partial charge in [0.1, 0.15) is 5.75 Å². The number of rotatable bonds is 6. The first-order valence-corrected chi connectivity index (χ1v) is 7.95. The number of carbonyl (C=O) groups is 2. The fourth-order valence-corrected chi connectivity index (χ4v) is 1.96. The zero-order valence-electron chi connectivity index (χ0n) is 14.4. The third-order valence-electron chi connectivity index (χ3n) is 3.33. The molecule has 136 valence electrons. The standard InChI is InChI=1S/C18H19N3O5/c1-12(2)11-26-16-9-5-14(6-10-16)18(23)20-19-17(22)13-3-7-15(8-4-13)21(24)25/h3-10,12H,11H2,1-2H3,(H,19,22)(H,20,23). The van der Waals surface area contributed by atoms with Gasteiger partial charge in [-0.3, -0.25) is 30.6 Å². The Bertz CT molecular complexity index is 785. The van der Waals surface area contributed by atoms with Crippen LogP contribution >= 0.6 is 0 Å². The van der Waals surface area contributed by atoms with Gasteiger partial charge in [0.15, 0.2) is 0 Å². The topological polar surface area (TPSA) is 111 Å². The van der Waals surface area contributed by atoms with E-state index in [0.29, 0.717) is 23.8 Å². The van der Waals surface area contributed by atoms with Crippen LogP contribution in [-0.4, -0.2) is 23.3 Å². The largest absolute Gasteiger partial charge is 0.493 e. The molecule has 0 aromatic heterocycles. The number of benzene rings is 2. The molecule has 0 bridgehead atoms. The summed E-state index contributed by atoms with van der Waals surface area (Å²) in [5.74, 6) is -0.0152. The smallest absolute Gasteiger partial charge is 0.269 e. The number of hydrogen-bond acceptors (Lipinski definition) is 5. The minimum absolute atomic E-state index is 0.120. The first-order valence-electron chi connectivity index (χ1n) is 7.95. The summed E-state index contributed by atoms with van der Waals surface area (Å²) < 4.78 is 5.54. The van der Waals surface area contributed by atoms with Crippen molar-refractivity contribution in [3.05, 3.63) is 69.8 Å². The summed E-state index contributed by atoms with van der Waals surface area (Å²) in [5, 5.41) is 10.6. The third-order valence-corrected chi connectivity index (χ3v) is 3.33. The third kappa shape index (κ3) is 5.30. The Morgan fingerprint density at radius 3 is 1.85 bits per heavy atom. The van der Waals surface area contributed by atoms with E-state index >= 15 is 0 Å². The normalized spacial score (nSPS) is 10.3. The van der Waals surface area contributed by atoms with Crippen molar-refractivity contribution in [1.29, 1.82) is 0 Å². The first kappa shape index (κ1) is 18.9. The van der Waals surface area contributed by atoms with Crippen LogP contribution in [0.3, 0.4) is 0 Å². The summed E-state index contributed by atoms with van der Waals surface area (Å²) >= 11 is 0. The number of nitro groups is 1. The van der Waals surface area contributed by atoms with E-state index in [2.05, 4.69) is 10.9 Å². The number of nitrogens with one attached hydrogen (secondary N) is 2. The summed E-state index contributed by atoms with van der Waals surface area (Å²) in [6.45, 7) is 4.65. The van der Waals surface area contributed by atoms with E-state index in [-0.39, 0.29) is 11.3 Å². The Balaban J connectivity index is 1.89. The molecule has 2 amide bonds. The molecule has 0 saturated carbocycles. The van der Waals surface area contributed by atoms with Crippen molar-refractivity contribution in [2.75, 3.05) is 6.61 Å². The molecule has 0 unspecified atom stereocenters. The maximum absolute atomic E-state index is 12.0. The molecule has 0 aliphatic carbocycles. The summed E-state index contributed by atoms with van der Waals surface area (Å²) in [6.07, 6.45) is 0. The number of nitrogens with zero attached hydrogens (tertiary/aromatic N) is 1. The lowest BCUT2D eigenvalue weighted by Crippen LogP contribution is -2.41. The molecular formula is C18H19N3O5. The quantitative estimate of drug-likeness (QED) is 0.610. The number of carbonyl (C=O) groups excluding carboxylic acids is 2. The molecule has 0 heterocycles. The molecule has 0 radical (unpaired) electrons. The maximum Gasteiger partial charge on any atom is 0.269 e. The fourth-order valence-electron chi connectivity index (χ4n) is 1.96. The monoisotopic (exact) mass is 357 g/mol. The molecular weight excluding hydrogens is 338 g/mol. The van der Waals surface area contributed by atoms with Crippen LogP contribution in [0, 0.1) is 16.0 Å². The molecule has 0 aliphatic heterocycles. The first-order chi connectivity index (χ1) is 12.4. The second-order valence-electron chi connectivity index (χ2n) is 5.94. The summed E-state index contributed by atoms with van der Waals surface area (Å²) in [4.78, 5) is 34.0. The van der Waals surface area contributed by atoms with Gasteiger partial charge in [-0.25, -0.2) is 0 Å². The van der Waals surface area contributed by atoms with E-state index in [0.717, 1.165) is 0 Å². The van der Waals surface area contributed by atoms with Gasteiger partial charge in [0, 0.05) is 23.3 Å². The molecule has 0 spiro atoms. The Labute approximate surface area is 150 Å². The highest BCUT2D eigenvalue weighted by molar-refractivity contribution is 5.99. The lowest BCUT2D eigenvalue weighted by Gasteiger charge is -2.10. The molecule has 2 rings (SSSR count). The van der Waals surface area contributed by atoms with Crippen molar-refractivity contribution >= 4 is 17.5 Å². The average Bonchev–Trinajstić information content (AvgIpc) is 2.64. The highest BCUT2D eigenvalue weighted by Gasteiger charge is 2.11. The SMILES string of the molecule is CC(C)COc1ccc(C(=O)NNC(=O)c2ccc([N+](=O)[O-])cc2)cc1. The lowest BCUT2D eigenvalue weighted by atomic mass is 10.2. The van der Waals surface area contributed by atoms with Crippen molar-refractivity contribution < 1.29 is 19.2 Å². The van der Waals surface area contributed by atoms with Gasteiger partial charge < -0.3 is 4.74 Å². The van der Waals surface area contributed by atoms with E-state index in [1.807, 2.05) is 13.8 Å². The predicted molar refractivity (Wildman–Crippen MR) is 94.8 cm³/mol. The molecule has 0 atom stereocenters. The molecule has 0 fully saturated rings. The van der Waals surface area contributed by atoms with Crippen molar-refractivity contribution in [2.24, 2.45) is 5.92 Å². The summed E-state index contributed by atoms with van der Waals surface area (Å²) in [7, 11) is 0. The van der Waals surface area contributed by atoms with Crippen LogP contribution in [0.5, 0.6) is 5.75 Å². The second kappa shape index (κ2) is 8.61. The van der Waals surface area contributed by atoms with Gasteiger partial charge in [-0.05, 0) is 42.3 Å². The predicted octanol–water partition coefficient (Wildman–Crippen LogP) is 2.70. The number of non-ortho nitro benzene ring substituents is 1. The van der Waals surface area contributed by atoms with E-state index in [9.17, 15) is 19.7 Å². The molecule has 2 N–H and O–H groups in total. The van der Waals surface area contributed by atoms with Gasteiger partial charge in [0.2, 0.25) is 0 Å². The van der Waals surface area contributed by atoms with Gasteiger partial charge in [-0.15, -0.1) is 0 Å². The fraction of sp³-hybridized carbons (Fsp3) is 0.222. The molecule has 0 saturated heterocycles. The van der Waals surface area contributed by atoms with Crippen LogP contribution in [-0.2, 0) is 0 Å². The van der Waals surface area contributed by atoms with Crippen LogP contribution in [0.2, 0.25) is 0 Å². The zero-order valence-corrected chi connectivity index (χ0v) is 14.4. The van der Waals surface area contributed by atoms with Gasteiger partial charge >= 0.3 is 0 Å². The minimum atomic E-state index is -0.579. The number of hydrazine groups is 1. The van der Waals surface area contributed by atoms with E-state index in [4.69, 9.17) is 4.74 Å². The van der Waals surface area contributed by atoms with E-state index < -0.39 is 16.7 Å². The van der Waals surface area contributed by atoms with E-state index in [1.54, 1.807) is 24.3 Å². The van der Waals surface area contributed by atoms with Crippen LogP contribution in [0.15, 0.2) is 48.5 Å². The van der Waals surface area contributed by atoms with Crippen LogP contribution in [0.4, 0.5) is 5.69 Å². The molecule has 2 aromatic carbocycles. The van der Waals surface area contributed by atoms with Crippen LogP contribution in [0.25, 0.3) is 0 Å². The molecule has 8 heteroatoms. The van der Waals surface area contributed by atoms with Crippen LogP contribution < -0.4 is 15.6 Å². The van der Waals surface area contributed by atoms with Gasteiger partial charge in [-0.1, -0.05) is 13.8 Å². The van der Waals surface area contributed by atoms with Crippen molar-refractivity contribution in [2.45, 2.75) is 13.8 Å². The highest BCUT2D eigenvalue weighted by atomic mass is 16.6. The molecule has 2 aromatic rings. The van der Waals surface area contributed by atoms with Gasteiger partial charge in [-0.2, -0.15) is 0 Å². The minimum Gasteiger partial charge on any atom is -0.493 e. The van der Waals surface area contributed by atoms with Crippen molar-refractivity contribution in [3.63, 3.8) is 0 Å². The molecule has 26 heavy (non-hydrogen) atoms. The molecule has 8 nitrogen and oxygen atoms in total. The van der Waals surface area contributed by atoms with E-state index in [1.165, 1.54) is 24.3 Å². The molecule has 0 aliphatic rings. The van der Waals surface area contributed by atoms with Gasteiger partial charge in [0.25, 0.3) is 17.5 Å². The zero-order chi connectivity index (χ0) is 19.1. The Morgan fingerprint density at radius 2 is 1.42 bits per heavy atom. The maximum atomic E-state index is 12.0. The van der Waals surface area contributed by atoms with Gasteiger partial charge in [0.05, 0.1) is 11.5 Å². The number of amides is 2. The summed E-state index contributed by atoms with van der Waals surface area (Å²) in [6, 6.07) is 11.6.